The molecule has 1 saturated carbocycles. The van der Waals surface area contributed by atoms with Gasteiger partial charge in [0.05, 0.1) is 6.10 Å². The fourth-order valence-corrected chi connectivity index (χ4v) is 2.42. The van der Waals surface area contributed by atoms with Gasteiger partial charge >= 0.3 is 0 Å². The molecule has 1 fully saturated rings. The molecule has 1 N–H and O–H groups in total. The molecule has 0 saturated heterocycles. The van der Waals surface area contributed by atoms with Gasteiger partial charge in [-0.15, -0.1) is 0 Å². The topological polar surface area (TPSA) is 32.7 Å². The van der Waals surface area contributed by atoms with Crippen molar-refractivity contribution >= 4 is 5.69 Å². The number of aromatic hydroxyl groups is 1. The van der Waals surface area contributed by atoms with Gasteiger partial charge in [-0.05, 0) is 37.8 Å². The zero-order valence-corrected chi connectivity index (χ0v) is 10.6. The molecule has 0 aromatic heterocycles. The molecule has 0 heterocycles. The van der Waals surface area contributed by atoms with Gasteiger partial charge in [0.2, 0.25) is 0 Å². The van der Waals surface area contributed by atoms with Gasteiger partial charge in [0.25, 0.3) is 0 Å². The number of phenolic OH excluding ortho intramolecular Hbond substituents is 1. The summed E-state index contributed by atoms with van der Waals surface area (Å²) in [6, 6.07) is 5.47. The fraction of sp³-hybridized carbons (Fsp3) is 0.571. The normalized spacial score (nSPS) is 16.8. The Balaban J connectivity index is 2.16. The number of ether oxygens (including phenoxy) is 1. The van der Waals surface area contributed by atoms with Gasteiger partial charge in [-0.3, -0.25) is 0 Å². The second-order valence-corrected chi connectivity index (χ2v) is 4.90. The molecular weight excluding hydrogens is 214 g/mol. The Morgan fingerprint density at radius 3 is 2.53 bits per heavy atom. The molecule has 0 aliphatic heterocycles. The Morgan fingerprint density at radius 2 is 1.88 bits per heavy atom. The molecule has 2 rings (SSSR count). The molecule has 0 atom stereocenters. The van der Waals surface area contributed by atoms with Crippen LogP contribution in [0.25, 0.3) is 0 Å². The number of hydrogen-bond acceptors (Lipinski definition) is 3. The van der Waals surface area contributed by atoms with Crippen molar-refractivity contribution in [1.82, 2.24) is 0 Å². The predicted molar refractivity (Wildman–Crippen MR) is 69.9 cm³/mol. The highest BCUT2D eigenvalue weighted by molar-refractivity contribution is 5.66. The third-order valence-electron chi connectivity index (χ3n) is 3.27. The minimum Gasteiger partial charge on any atom is -0.506 e. The first-order valence-electron chi connectivity index (χ1n) is 6.34. The maximum absolute atomic E-state index is 9.87. The third kappa shape index (κ3) is 2.84. The van der Waals surface area contributed by atoms with Crippen LogP contribution < -0.4 is 9.64 Å². The largest absolute Gasteiger partial charge is 0.506 e. The van der Waals surface area contributed by atoms with E-state index in [0.717, 1.165) is 24.3 Å². The number of para-hydroxylation sites is 1. The number of anilines is 1. The van der Waals surface area contributed by atoms with Crippen LogP contribution in [0.5, 0.6) is 11.5 Å². The lowest BCUT2D eigenvalue weighted by Crippen LogP contribution is -2.21. The van der Waals surface area contributed by atoms with Gasteiger partial charge in [0, 0.05) is 14.1 Å². The first-order chi connectivity index (χ1) is 8.18. The molecule has 1 aromatic rings. The smallest absolute Gasteiger partial charge is 0.146 e. The van der Waals surface area contributed by atoms with Crippen LogP contribution in [0.3, 0.4) is 0 Å². The van der Waals surface area contributed by atoms with Crippen LogP contribution in [0.2, 0.25) is 0 Å². The van der Waals surface area contributed by atoms with Crippen molar-refractivity contribution in [1.29, 1.82) is 0 Å². The van der Waals surface area contributed by atoms with E-state index in [1.54, 1.807) is 6.07 Å². The SMILES string of the molecule is CN(C)c1c(O)cccc1OC1CCCCC1. The summed E-state index contributed by atoms with van der Waals surface area (Å²) >= 11 is 0. The minimum absolute atomic E-state index is 0.281. The molecule has 0 radical (unpaired) electrons. The van der Waals surface area contributed by atoms with Crippen LogP contribution in [-0.2, 0) is 0 Å². The molecule has 0 amide bonds. The summed E-state index contributed by atoms with van der Waals surface area (Å²) in [7, 11) is 3.84. The number of rotatable bonds is 3. The van der Waals surface area contributed by atoms with Crippen LogP contribution in [-0.4, -0.2) is 25.3 Å². The molecule has 0 spiro atoms. The molecule has 3 heteroatoms. The standard InChI is InChI=1S/C14H21NO2/c1-15(2)14-12(16)9-6-10-13(14)17-11-7-4-3-5-8-11/h6,9-11,16H,3-5,7-8H2,1-2H3. The quantitative estimate of drug-likeness (QED) is 0.873. The summed E-state index contributed by atoms with van der Waals surface area (Å²) in [5.41, 5.74) is 0.776. The monoisotopic (exact) mass is 235 g/mol. The Morgan fingerprint density at radius 1 is 1.18 bits per heavy atom. The van der Waals surface area contributed by atoms with Crippen LogP contribution in [0, 0.1) is 0 Å². The molecule has 3 nitrogen and oxygen atoms in total. The van der Waals surface area contributed by atoms with E-state index in [2.05, 4.69) is 0 Å². The second-order valence-electron chi connectivity index (χ2n) is 4.90. The number of benzene rings is 1. The van der Waals surface area contributed by atoms with Crippen molar-refractivity contribution < 1.29 is 9.84 Å². The van der Waals surface area contributed by atoms with E-state index >= 15 is 0 Å². The highest BCUT2D eigenvalue weighted by Crippen LogP contribution is 2.37. The first kappa shape index (κ1) is 12.1. The summed E-state index contributed by atoms with van der Waals surface area (Å²) in [6.07, 6.45) is 6.39. The van der Waals surface area contributed by atoms with Gasteiger partial charge < -0.3 is 14.7 Å². The summed E-state index contributed by atoms with van der Waals surface area (Å²) < 4.78 is 6.03. The van der Waals surface area contributed by atoms with Crippen molar-refractivity contribution in [3.05, 3.63) is 18.2 Å². The Kier molecular flexibility index (Phi) is 3.77. The van der Waals surface area contributed by atoms with Crippen LogP contribution in [0.15, 0.2) is 18.2 Å². The maximum atomic E-state index is 9.87. The molecule has 1 aliphatic rings. The minimum atomic E-state index is 0.281. The fourth-order valence-electron chi connectivity index (χ4n) is 2.42. The van der Waals surface area contributed by atoms with Crippen molar-refractivity contribution in [2.45, 2.75) is 38.2 Å². The summed E-state index contributed by atoms with van der Waals surface area (Å²) in [6.45, 7) is 0. The lowest BCUT2D eigenvalue weighted by Gasteiger charge is -2.26. The van der Waals surface area contributed by atoms with Crippen molar-refractivity contribution in [2.24, 2.45) is 0 Å². The molecule has 1 aromatic carbocycles. The van der Waals surface area contributed by atoms with Crippen molar-refractivity contribution in [3.63, 3.8) is 0 Å². The zero-order chi connectivity index (χ0) is 12.3. The van der Waals surface area contributed by atoms with Crippen molar-refractivity contribution in [3.8, 4) is 11.5 Å². The molecule has 94 valence electrons. The molecule has 0 unspecified atom stereocenters. The van der Waals surface area contributed by atoms with Gasteiger partial charge in [-0.2, -0.15) is 0 Å². The van der Waals surface area contributed by atoms with E-state index in [-0.39, 0.29) is 5.75 Å². The molecule has 17 heavy (non-hydrogen) atoms. The van der Waals surface area contributed by atoms with E-state index in [9.17, 15) is 5.11 Å². The Bertz CT molecular complexity index is 370. The average molecular weight is 235 g/mol. The van der Waals surface area contributed by atoms with Gasteiger partial charge in [0.1, 0.15) is 17.2 Å². The number of phenols is 1. The van der Waals surface area contributed by atoms with Crippen LogP contribution in [0.4, 0.5) is 5.69 Å². The second kappa shape index (κ2) is 5.30. The maximum Gasteiger partial charge on any atom is 0.146 e. The van der Waals surface area contributed by atoms with Crippen LogP contribution >= 0.6 is 0 Å². The highest BCUT2D eigenvalue weighted by atomic mass is 16.5. The highest BCUT2D eigenvalue weighted by Gasteiger charge is 2.18. The van der Waals surface area contributed by atoms with E-state index in [4.69, 9.17) is 4.74 Å². The Labute approximate surface area is 103 Å². The Hall–Kier alpha value is -1.38. The summed E-state index contributed by atoms with van der Waals surface area (Å²) in [5, 5.41) is 9.87. The van der Waals surface area contributed by atoms with E-state index in [1.807, 2.05) is 31.1 Å². The molecule has 0 bridgehead atoms. The van der Waals surface area contributed by atoms with E-state index in [1.165, 1.54) is 19.3 Å². The van der Waals surface area contributed by atoms with E-state index < -0.39 is 0 Å². The third-order valence-corrected chi connectivity index (χ3v) is 3.27. The number of nitrogens with zero attached hydrogens (tertiary/aromatic N) is 1. The van der Waals surface area contributed by atoms with Crippen LogP contribution in [0.1, 0.15) is 32.1 Å². The molecule has 1 aliphatic carbocycles. The van der Waals surface area contributed by atoms with Gasteiger partial charge in [0.15, 0.2) is 0 Å². The number of hydrogen-bond donors (Lipinski definition) is 1. The van der Waals surface area contributed by atoms with Crippen molar-refractivity contribution in [2.75, 3.05) is 19.0 Å². The summed E-state index contributed by atoms with van der Waals surface area (Å²) in [5.74, 6) is 1.07. The predicted octanol–water partition coefficient (Wildman–Crippen LogP) is 3.17. The van der Waals surface area contributed by atoms with Gasteiger partial charge in [-0.25, -0.2) is 0 Å². The summed E-state index contributed by atoms with van der Waals surface area (Å²) in [4.78, 5) is 1.90. The average Bonchev–Trinajstić information content (AvgIpc) is 2.30. The van der Waals surface area contributed by atoms with E-state index in [0.29, 0.717) is 6.10 Å². The lowest BCUT2D eigenvalue weighted by molar-refractivity contribution is 0.155. The lowest BCUT2D eigenvalue weighted by atomic mass is 9.98. The first-order valence-corrected chi connectivity index (χ1v) is 6.34. The zero-order valence-electron chi connectivity index (χ0n) is 10.6. The molecular formula is C14H21NO2. The van der Waals surface area contributed by atoms with Gasteiger partial charge in [-0.1, -0.05) is 12.5 Å².